The molecule has 1 heterocycles. The number of hydrogen-bond acceptors (Lipinski definition) is 4. The number of nitrogens with one attached hydrogen (secondary N) is 1. The Morgan fingerprint density at radius 1 is 0.941 bits per heavy atom. The molecule has 0 spiro atoms. The van der Waals surface area contributed by atoms with E-state index in [1.165, 1.54) is 6.92 Å². The lowest BCUT2D eigenvalue weighted by atomic mass is 9.91. The molecular formula is C28H24N2O4. The molecule has 0 bridgehead atoms. The summed E-state index contributed by atoms with van der Waals surface area (Å²) in [6.07, 6.45) is 0.980. The number of para-hydroxylation sites is 1. The van der Waals surface area contributed by atoms with Crippen LogP contribution in [0.1, 0.15) is 29.5 Å². The second kappa shape index (κ2) is 8.63. The van der Waals surface area contributed by atoms with E-state index >= 15 is 0 Å². The third-order valence-corrected chi connectivity index (χ3v) is 6.48. The number of fused-ring (bicyclic) bond motifs is 4. The molecule has 0 saturated heterocycles. The predicted octanol–water partition coefficient (Wildman–Crippen LogP) is 5.16. The third-order valence-electron chi connectivity index (χ3n) is 6.48. The number of carboxylic acids is 1. The molecule has 34 heavy (non-hydrogen) atoms. The van der Waals surface area contributed by atoms with Gasteiger partial charge in [-0.05, 0) is 46.9 Å². The maximum atomic E-state index is 12.8. The number of carbonyl (C=O) groups excluding carboxylic acids is 1. The molecule has 1 aliphatic carbocycles. The van der Waals surface area contributed by atoms with Gasteiger partial charge in [0.25, 0.3) is 0 Å². The molecule has 1 aliphatic rings. The number of aliphatic carboxylic acids is 1. The van der Waals surface area contributed by atoms with E-state index in [1.54, 1.807) is 12.3 Å². The Kier molecular flexibility index (Phi) is 5.49. The summed E-state index contributed by atoms with van der Waals surface area (Å²) in [5, 5.41) is 13.4. The summed E-state index contributed by atoms with van der Waals surface area (Å²) >= 11 is 0. The normalized spacial score (nSPS) is 14.1. The van der Waals surface area contributed by atoms with Crippen LogP contribution in [0.4, 0.5) is 4.79 Å². The minimum absolute atomic E-state index is 0.0928. The predicted molar refractivity (Wildman–Crippen MR) is 130 cm³/mol. The maximum Gasteiger partial charge on any atom is 0.408 e. The SMILES string of the molecule is CC(Cc1ccnc2ccccc12)(NC(=O)OCC1c2ccccc2-c2ccccc21)C(=O)O. The van der Waals surface area contributed by atoms with Crippen molar-refractivity contribution in [3.63, 3.8) is 0 Å². The monoisotopic (exact) mass is 452 g/mol. The summed E-state index contributed by atoms with van der Waals surface area (Å²) in [4.78, 5) is 29.3. The molecule has 1 atom stereocenters. The van der Waals surface area contributed by atoms with E-state index in [4.69, 9.17) is 4.74 Å². The minimum Gasteiger partial charge on any atom is -0.480 e. The lowest BCUT2D eigenvalue weighted by Gasteiger charge is -2.27. The van der Waals surface area contributed by atoms with Gasteiger partial charge >= 0.3 is 12.1 Å². The van der Waals surface area contributed by atoms with Crippen molar-refractivity contribution in [1.29, 1.82) is 0 Å². The van der Waals surface area contributed by atoms with Gasteiger partial charge in [0.1, 0.15) is 12.1 Å². The molecule has 1 amide bonds. The van der Waals surface area contributed by atoms with Gasteiger partial charge in [-0.25, -0.2) is 9.59 Å². The van der Waals surface area contributed by atoms with Crippen molar-refractivity contribution in [3.05, 3.63) is 102 Å². The first kappa shape index (κ1) is 21.6. The second-order valence-electron chi connectivity index (χ2n) is 8.75. The molecule has 170 valence electrons. The molecule has 3 aromatic carbocycles. The number of carbonyl (C=O) groups is 2. The highest BCUT2D eigenvalue weighted by Gasteiger charge is 2.37. The molecule has 6 nitrogen and oxygen atoms in total. The number of amides is 1. The van der Waals surface area contributed by atoms with Gasteiger partial charge in [-0.15, -0.1) is 0 Å². The Labute approximate surface area is 197 Å². The number of carboxylic acid groups (broad SMARTS) is 1. The smallest absolute Gasteiger partial charge is 0.408 e. The number of rotatable bonds is 6. The average Bonchev–Trinajstić information content (AvgIpc) is 3.16. The number of aromatic nitrogens is 1. The lowest BCUT2D eigenvalue weighted by molar-refractivity contribution is -0.143. The third kappa shape index (κ3) is 3.88. The molecule has 0 aliphatic heterocycles. The van der Waals surface area contributed by atoms with Gasteiger partial charge in [0.15, 0.2) is 0 Å². The van der Waals surface area contributed by atoms with E-state index in [0.717, 1.165) is 38.7 Å². The first-order chi connectivity index (χ1) is 16.5. The van der Waals surface area contributed by atoms with E-state index in [1.807, 2.05) is 60.7 Å². The standard InChI is InChI=1S/C28H24N2O4/c1-28(26(31)32,16-18-14-15-29-25-13-7-6-8-19(18)25)30-27(33)34-17-24-22-11-4-2-9-20(22)21-10-3-5-12-23(21)24/h2-15,24H,16-17H2,1H3,(H,30,33)(H,31,32). The molecule has 0 fully saturated rings. The first-order valence-electron chi connectivity index (χ1n) is 11.2. The van der Waals surface area contributed by atoms with Crippen LogP contribution in [0.5, 0.6) is 0 Å². The average molecular weight is 453 g/mol. The highest BCUT2D eigenvalue weighted by Crippen LogP contribution is 2.44. The molecule has 5 rings (SSSR count). The Bertz CT molecular complexity index is 1350. The highest BCUT2D eigenvalue weighted by molar-refractivity contribution is 5.87. The number of benzene rings is 3. The quantitative estimate of drug-likeness (QED) is 0.422. The van der Waals surface area contributed by atoms with Gasteiger partial charge in [0.05, 0.1) is 5.52 Å². The van der Waals surface area contributed by atoms with E-state index < -0.39 is 17.6 Å². The van der Waals surface area contributed by atoms with Crippen molar-refractivity contribution < 1.29 is 19.4 Å². The van der Waals surface area contributed by atoms with Crippen molar-refractivity contribution in [2.75, 3.05) is 6.61 Å². The van der Waals surface area contributed by atoms with Gasteiger partial charge in [-0.3, -0.25) is 4.98 Å². The molecule has 2 N–H and O–H groups in total. The Hall–Kier alpha value is -4.19. The maximum absolute atomic E-state index is 12.8. The van der Waals surface area contributed by atoms with Crippen LogP contribution in [0.25, 0.3) is 22.0 Å². The fourth-order valence-corrected chi connectivity index (χ4v) is 4.72. The van der Waals surface area contributed by atoms with Crippen LogP contribution >= 0.6 is 0 Å². The van der Waals surface area contributed by atoms with Crippen molar-refractivity contribution >= 4 is 23.0 Å². The largest absolute Gasteiger partial charge is 0.480 e. The zero-order valence-corrected chi connectivity index (χ0v) is 18.7. The Balaban J connectivity index is 1.33. The molecule has 0 radical (unpaired) electrons. The summed E-state index contributed by atoms with van der Waals surface area (Å²) < 4.78 is 5.58. The van der Waals surface area contributed by atoms with Crippen LogP contribution in [0.15, 0.2) is 85.1 Å². The van der Waals surface area contributed by atoms with Crippen molar-refractivity contribution in [1.82, 2.24) is 10.3 Å². The minimum atomic E-state index is -1.55. The lowest BCUT2D eigenvalue weighted by Crippen LogP contribution is -2.54. The van der Waals surface area contributed by atoms with Gasteiger partial charge in [-0.2, -0.15) is 0 Å². The molecule has 1 unspecified atom stereocenters. The van der Waals surface area contributed by atoms with Crippen LogP contribution in [-0.4, -0.2) is 34.3 Å². The van der Waals surface area contributed by atoms with Crippen LogP contribution in [0.2, 0.25) is 0 Å². The fourth-order valence-electron chi connectivity index (χ4n) is 4.72. The van der Waals surface area contributed by atoms with E-state index in [0.29, 0.717) is 0 Å². The number of nitrogens with zero attached hydrogens (tertiary/aromatic N) is 1. The van der Waals surface area contributed by atoms with Crippen molar-refractivity contribution in [2.45, 2.75) is 24.8 Å². The molecular weight excluding hydrogens is 428 g/mol. The van der Waals surface area contributed by atoms with Crippen LogP contribution in [-0.2, 0) is 16.0 Å². The Morgan fingerprint density at radius 3 is 2.24 bits per heavy atom. The van der Waals surface area contributed by atoms with Gasteiger partial charge in [0, 0.05) is 23.9 Å². The number of hydrogen-bond donors (Lipinski definition) is 2. The van der Waals surface area contributed by atoms with E-state index in [2.05, 4.69) is 22.4 Å². The number of ether oxygens (including phenoxy) is 1. The molecule has 0 saturated carbocycles. The van der Waals surface area contributed by atoms with Gasteiger partial charge in [-0.1, -0.05) is 66.7 Å². The zero-order valence-electron chi connectivity index (χ0n) is 18.7. The summed E-state index contributed by atoms with van der Waals surface area (Å²) in [5.74, 6) is -1.24. The van der Waals surface area contributed by atoms with Crippen LogP contribution in [0.3, 0.4) is 0 Å². The fraction of sp³-hybridized carbons (Fsp3) is 0.179. The molecule has 4 aromatic rings. The Morgan fingerprint density at radius 2 is 1.56 bits per heavy atom. The topological polar surface area (TPSA) is 88.5 Å². The van der Waals surface area contributed by atoms with Crippen LogP contribution in [0, 0.1) is 0 Å². The van der Waals surface area contributed by atoms with E-state index in [9.17, 15) is 14.7 Å². The van der Waals surface area contributed by atoms with Crippen LogP contribution < -0.4 is 5.32 Å². The molecule has 1 aromatic heterocycles. The molecule has 6 heteroatoms. The summed E-state index contributed by atoms with van der Waals surface area (Å²) in [7, 11) is 0. The van der Waals surface area contributed by atoms with Crippen molar-refractivity contribution in [3.8, 4) is 11.1 Å². The van der Waals surface area contributed by atoms with Crippen molar-refractivity contribution in [2.24, 2.45) is 0 Å². The summed E-state index contributed by atoms with van der Waals surface area (Å²) in [5.41, 5.74) is 4.47. The zero-order chi connectivity index (χ0) is 23.7. The van der Waals surface area contributed by atoms with Gasteiger partial charge in [0.2, 0.25) is 0 Å². The number of pyridine rings is 1. The number of alkyl carbamates (subject to hydrolysis) is 1. The first-order valence-corrected chi connectivity index (χ1v) is 11.2. The van der Waals surface area contributed by atoms with Gasteiger partial charge < -0.3 is 15.2 Å². The highest BCUT2D eigenvalue weighted by atomic mass is 16.5. The summed E-state index contributed by atoms with van der Waals surface area (Å²) in [6.45, 7) is 1.61. The summed E-state index contributed by atoms with van der Waals surface area (Å²) in [6, 6.07) is 25.4. The van der Waals surface area contributed by atoms with E-state index in [-0.39, 0.29) is 18.9 Å². The second-order valence-corrected chi connectivity index (χ2v) is 8.75.